The number of halogens is 2. The largest absolute Gasteiger partial charge is 0.392 e. The van der Waals surface area contributed by atoms with Gasteiger partial charge in [-0.15, -0.1) is 0 Å². The van der Waals surface area contributed by atoms with E-state index in [2.05, 4.69) is 0 Å². The Morgan fingerprint density at radius 1 is 1.27 bits per heavy atom. The number of nitrogens with zero attached hydrogens (tertiary/aromatic N) is 1. The maximum Gasteiger partial charge on any atom is 0.265 e. The summed E-state index contributed by atoms with van der Waals surface area (Å²) in [6.45, 7) is 1.46. The topological polar surface area (TPSA) is 42.2 Å². The van der Waals surface area contributed by atoms with Crippen molar-refractivity contribution in [2.75, 3.05) is 0 Å². The minimum Gasteiger partial charge on any atom is -0.392 e. The fraction of sp³-hybridized carbons (Fsp3) is 0.118. The van der Waals surface area contributed by atoms with E-state index < -0.39 is 11.4 Å². The van der Waals surface area contributed by atoms with Gasteiger partial charge in [-0.2, -0.15) is 0 Å². The summed E-state index contributed by atoms with van der Waals surface area (Å²) >= 11 is 6.05. The molecule has 5 heteroatoms. The molecule has 0 saturated carbocycles. The highest BCUT2D eigenvalue weighted by Gasteiger charge is 2.13. The van der Waals surface area contributed by atoms with Crippen LogP contribution in [0.25, 0.3) is 16.5 Å². The Kier molecular flexibility index (Phi) is 3.72. The lowest BCUT2D eigenvalue weighted by molar-refractivity contribution is 0.281. The normalized spacial score (nSPS) is 11.1. The Balaban J connectivity index is 2.37. The van der Waals surface area contributed by atoms with Gasteiger partial charge in [-0.1, -0.05) is 23.7 Å². The van der Waals surface area contributed by atoms with Crippen LogP contribution in [0.3, 0.4) is 0 Å². The molecule has 3 rings (SSSR count). The molecule has 1 N–H and O–H groups in total. The molecule has 112 valence electrons. The Bertz CT molecular complexity index is 934. The van der Waals surface area contributed by atoms with Gasteiger partial charge < -0.3 is 5.11 Å². The lowest BCUT2D eigenvalue weighted by atomic mass is 10.1. The highest BCUT2D eigenvalue weighted by molar-refractivity contribution is 6.31. The van der Waals surface area contributed by atoms with E-state index in [9.17, 15) is 14.3 Å². The first-order valence-corrected chi connectivity index (χ1v) is 7.11. The molecule has 1 heterocycles. The van der Waals surface area contributed by atoms with Crippen LogP contribution in [0, 0.1) is 12.7 Å². The third-order valence-electron chi connectivity index (χ3n) is 3.61. The maximum absolute atomic E-state index is 14.2. The molecule has 0 aliphatic rings. The number of pyridine rings is 1. The Hall–Kier alpha value is -2.17. The Morgan fingerprint density at radius 2 is 2.05 bits per heavy atom. The molecule has 0 saturated heterocycles. The lowest BCUT2D eigenvalue weighted by Gasteiger charge is -2.13. The van der Waals surface area contributed by atoms with Crippen LogP contribution < -0.4 is 5.56 Å². The van der Waals surface area contributed by atoms with Crippen LogP contribution in [0.1, 0.15) is 11.1 Å². The zero-order valence-corrected chi connectivity index (χ0v) is 12.6. The van der Waals surface area contributed by atoms with E-state index in [1.54, 1.807) is 43.5 Å². The van der Waals surface area contributed by atoms with Crippen LogP contribution in [0.2, 0.25) is 5.02 Å². The minimum absolute atomic E-state index is 0.0250. The van der Waals surface area contributed by atoms with Gasteiger partial charge in [-0.25, -0.2) is 4.39 Å². The molecule has 0 amide bonds. The standard InChI is InChI=1S/C17H13ClFNO2/c1-10-7-11-5-6-20(17(22)16(11)14(19)8-10)15-4-2-3-13(18)12(15)9-21/h2-8,21H,9H2,1H3. The van der Waals surface area contributed by atoms with Gasteiger partial charge in [0.2, 0.25) is 0 Å². The number of benzene rings is 2. The second kappa shape index (κ2) is 5.55. The monoisotopic (exact) mass is 317 g/mol. The van der Waals surface area contributed by atoms with E-state index in [1.165, 1.54) is 10.6 Å². The average Bonchev–Trinajstić information content (AvgIpc) is 2.46. The number of hydrogen-bond donors (Lipinski definition) is 1. The maximum atomic E-state index is 14.2. The molecular formula is C17H13ClFNO2. The molecule has 0 aliphatic carbocycles. The summed E-state index contributed by atoms with van der Waals surface area (Å²) in [5.74, 6) is -0.554. The number of rotatable bonds is 2. The number of aliphatic hydroxyl groups excluding tert-OH is 1. The molecule has 0 unspecified atom stereocenters. The summed E-state index contributed by atoms with van der Waals surface area (Å²) in [5.41, 5.74) is 1.15. The van der Waals surface area contributed by atoms with E-state index in [0.29, 0.717) is 21.7 Å². The van der Waals surface area contributed by atoms with Gasteiger partial charge in [0.15, 0.2) is 0 Å². The van der Waals surface area contributed by atoms with Crippen LogP contribution >= 0.6 is 11.6 Å². The van der Waals surface area contributed by atoms with Crippen molar-refractivity contribution in [1.29, 1.82) is 0 Å². The molecular weight excluding hydrogens is 305 g/mol. The summed E-state index contributed by atoms with van der Waals surface area (Å²) in [7, 11) is 0. The first-order chi connectivity index (χ1) is 10.5. The molecule has 0 spiro atoms. The second-order valence-electron chi connectivity index (χ2n) is 5.10. The highest BCUT2D eigenvalue weighted by Crippen LogP contribution is 2.24. The fourth-order valence-corrected chi connectivity index (χ4v) is 2.82. The predicted molar refractivity (Wildman–Crippen MR) is 85.2 cm³/mol. The SMILES string of the molecule is Cc1cc(F)c2c(=O)n(-c3cccc(Cl)c3CO)ccc2c1. The number of hydrogen-bond acceptors (Lipinski definition) is 2. The third-order valence-corrected chi connectivity index (χ3v) is 3.97. The van der Waals surface area contributed by atoms with E-state index >= 15 is 0 Å². The van der Waals surface area contributed by atoms with Crippen LogP contribution in [0.5, 0.6) is 0 Å². The fourth-order valence-electron chi connectivity index (χ4n) is 2.59. The smallest absolute Gasteiger partial charge is 0.265 e. The number of aromatic nitrogens is 1. The van der Waals surface area contributed by atoms with Crippen molar-refractivity contribution in [3.63, 3.8) is 0 Å². The Morgan fingerprint density at radius 3 is 2.77 bits per heavy atom. The first kappa shape index (κ1) is 14.8. The van der Waals surface area contributed by atoms with Crippen LogP contribution in [-0.2, 0) is 6.61 Å². The number of aryl methyl sites for hydroxylation is 1. The second-order valence-corrected chi connectivity index (χ2v) is 5.50. The van der Waals surface area contributed by atoms with Crippen molar-refractivity contribution < 1.29 is 9.50 Å². The molecule has 0 bridgehead atoms. The van der Waals surface area contributed by atoms with Crippen LogP contribution in [0.4, 0.5) is 4.39 Å². The van der Waals surface area contributed by atoms with E-state index in [4.69, 9.17) is 11.6 Å². The summed E-state index contributed by atoms with van der Waals surface area (Å²) < 4.78 is 15.5. The van der Waals surface area contributed by atoms with Crippen molar-refractivity contribution in [1.82, 2.24) is 4.57 Å². The van der Waals surface area contributed by atoms with E-state index in [-0.39, 0.29) is 12.0 Å². The predicted octanol–water partition coefficient (Wildman–Crippen LogP) is 3.58. The van der Waals surface area contributed by atoms with Gasteiger partial charge in [0.1, 0.15) is 5.82 Å². The van der Waals surface area contributed by atoms with Gasteiger partial charge in [0, 0.05) is 16.8 Å². The zero-order valence-electron chi connectivity index (χ0n) is 11.8. The number of aliphatic hydroxyl groups is 1. The van der Waals surface area contributed by atoms with Crippen molar-refractivity contribution >= 4 is 22.4 Å². The summed E-state index contributed by atoms with van der Waals surface area (Å²) in [5, 5.41) is 10.4. The van der Waals surface area contributed by atoms with Gasteiger partial charge in [0.25, 0.3) is 5.56 Å². The quantitative estimate of drug-likeness (QED) is 0.785. The molecule has 22 heavy (non-hydrogen) atoms. The molecule has 0 radical (unpaired) electrons. The molecule has 0 aliphatic heterocycles. The third kappa shape index (κ3) is 2.30. The average molecular weight is 318 g/mol. The molecule has 3 nitrogen and oxygen atoms in total. The van der Waals surface area contributed by atoms with Gasteiger partial charge in [-0.05, 0) is 42.1 Å². The zero-order chi connectivity index (χ0) is 15.9. The molecule has 3 aromatic rings. The van der Waals surface area contributed by atoms with Gasteiger partial charge in [0.05, 0.1) is 17.7 Å². The van der Waals surface area contributed by atoms with Gasteiger partial charge in [-0.3, -0.25) is 9.36 Å². The molecule has 0 atom stereocenters. The van der Waals surface area contributed by atoms with Crippen LogP contribution in [-0.4, -0.2) is 9.67 Å². The first-order valence-electron chi connectivity index (χ1n) is 6.73. The van der Waals surface area contributed by atoms with Crippen molar-refractivity contribution in [3.8, 4) is 5.69 Å². The van der Waals surface area contributed by atoms with Crippen molar-refractivity contribution in [2.45, 2.75) is 13.5 Å². The summed E-state index contributed by atoms with van der Waals surface area (Å²) in [6, 6.07) is 9.74. The van der Waals surface area contributed by atoms with Crippen LogP contribution in [0.15, 0.2) is 47.4 Å². The summed E-state index contributed by atoms with van der Waals surface area (Å²) in [4.78, 5) is 12.6. The van der Waals surface area contributed by atoms with E-state index in [1.807, 2.05) is 0 Å². The Labute approximate surface area is 131 Å². The van der Waals surface area contributed by atoms with Gasteiger partial charge >= 0.3 is 0 Å². The highest BCUT2D eigenvalue weighted by atomic mass is 35.5. The molecule has 1 aromatic heterocycles. The van der Waals surface area contributed by atoms with Crippen molar-refractivity contribution in [2.24, 2.45) is 0 Å². The van der Waals surface area contributed by atoms with E-state index in [0.717, 1.165) is 5.56 Å². The van der Waals surface area contributed by atoms with Crippen molar-refractivity contribution in [3.05, 3.63) is 74.9 Å². The lowest BCUT2D eigenvalue weighted by Crippen LogP contribution is -2.20. The number of fused-ring (bicyclic) bond motifs is 1. The minimum atomic E-state index is -0.554. The summed E-state index contributed by atoms with van der Waals surface area (Å²) in [6.07, 6.45) is 1.56. The molecule has 2 aromatic carbocycles. The molecule has 0 fully saturated rings.